The van der Waals surface area contributed by atoms with Gasteiger partial charge in [0, 0.05) is 16.3 Å². The quantitative estimate of drug-likeness (QED) is 0.771. The number of halogens is 3. The Kier molecular flexibility index (Phi) is 3.31. The number of alkyl halides is 3. The van der Waals surface area contributed by atoms with Gasteiger partial charge in [0.05, 0.1) is 0 Å². The number of benzene rings is 2. The largest absolute Gasteiger partial charge is 0.450 e. The minimum Gasteiger partial charge on any atom is -0.450 e. The summed E-state index contributed by atoms with van der Waals surface area (Å²) >= 11 is 0. The summed E-state index contributed by atoms with van der Waals surface area (Å²) in [4.78, 5) is 11.9. The zero-order chi connectivity index (χ0) is 15.9. The molecule has 1 aromatic heterocycles. The third-order valence-corrected chi connectivity index (χ3v) is 3.48. The van der Waals surface area contributed by atoms with E-state index in [9.17, 15) is 18.0 Å². The molecule has 0 bridgehead atoms. The van der Waals surface area contributed by atoms with Crippen molar-refractivity contribution >= 4 is 27.6 Å². The third-order valence-electron chi connectivity index (χ3n) is 3.48. The molecule has 0 saturated carbocycles. The fourth-order valence-corrected chi connectivity index (χ4v) is 2.43. The lowest BCUT2D eigenvalue weighted by molar-refractivity contribution is -0.123. The minimum absolute atomic E-state index is 0.0874. The van der Waals surface area contributed by atoms with Crippen molar-refractivity contribution in [1.82, 2.24) is 5.32 Å². The molecule has 1 N–H and O–H groups in total. The monoisotopic (exact) mass is 307 g/mol. The zero-order valence-electron chi connectivity index (χ0n) is 11.6. The first-order chi connectivity index (χ1) is 10.4. The van der Waals surface area contributed by atoms with Gasteiger partial charge < -0.3 is 9.73 Å². The summed E-state index contributed by atoms with van der Waals surface area (Å²) in [6.07, 6.45) is -4.46. The molecule has 0 aliphatic carbocycles. The molecule has 3 nitrogen and oxygen atoms in total. The Balaban J connectivity index is 2.06. The normalized spacial score (nSPS) is 12.0. The molecule has 3 rings (SSSR count). The van der Waals surface area contributed by atoms with E-state index in [0.29, 0.717) is 11.1 Å². The first-order valence-corrected chi connectivity index (χ1v) is 6.62. The van der Waals surface area contributed by atoms with Gasteiger partial charge in [0.15, 0.2) is 5.76 Å². The number of rotatable bonds is 2. The van der Waals surface area contributed by atoms with Crippen molar-refractivity contribution < 1.29 is 22.4 Å². The summed E-state index contributed by atoms with van der Waals surface area (Å²) in [7, 11) is 0. The standard InChI is InChI=1S/C16H12F3NO2/c1-9-11-7-6-10-4-2-3-5-12(10)14(11)22-13(9)15(21)20-8-16(17,18)19/h2-7H,8H2,1H3,(H,20,21). The van der Waals surface area contributed by atoms with Crippen LogP contribution in [0.25, 0.3) is 21.7 Å². The summed E-state index contributed by atoms with van der Waals surface area (Å²) in [6.45, 7) is 0.270. The van der Waals surface area contributed by atoms with Crippen LogP contribution in [0.5, 0.6) is 0 Å². The number of amides is 1. The van der Waals surface area contributed by atoms with Crippen molar-refractivity contribution in [3.63, 3.8) is 0 Å². The van der Waals surface area contributed by atoms with Crippen LogP contribution in [-0.2, 0) is 0 Å². The lowest BCUT2D eigenvalue weighted by atomic mass is 10.1. The molecule has 0 aliphatic heterocycles. The summed E-state index contributed by atoms with van der Waals surface area (Å²) < 4.78 is 42.2. The number of hydrogen-bond acceptors (Lipinski definition) is 2. The van der Waals surface area contributed by atoms with Crippen LogP contribution in [0.15, 0.2) is 40.8 Å². The van der Waals surface area contributed by atoms with Crippen LogP contribution in [-0.4, -0.2) is 18.6 Å². The van der Waals surface area contributed by atoms with Crippen molar-refractivity contribution in [2.45, 2.75) is 13.1 Å². The molecule has 0 spiro atoms. The smallest absolute Gasteiger partial charge is 0.405 e. The summed E-state index contributed by atoms with van der Waals surface area (Å²) in [5.41, 5.74) is 1.04. The van der Waals surface area contributed by atoms with Crippen LogP contribution in [0.4, 0.5) is 13.2 Å². The highest BCUT2D eigenvalue weighted by molar-refractivity contribution is 6.08. The SMILES string of the molecule is Cc1c(C(=O)NCC(F)(F)F)oc2c1ccc1ccccc12. The van der Waals surface area contributed by atoms with Crippen LogP contribution in [0.2, 0.25) is 0 Å². The summed E-state index contributed by atoms with van der Waals surface area (Å²) in [5, 5.41) is 4.30. The number of carbonyl (C=O) groups is 1. The number of fused-ring (bicyclic) bond motifs is 3. The predicted octanol–water partition coefficient (Wildman–Crippen LogP) is 4.19. The van der Waals surface area contributed by atoms with Gasteiger partial charge in [-0.1, -0.05) is 36.4 Å². The first kappa shape index (κ1) is 14.4. The van der Waals surface area contributed by atoms with Crippen molar-refractivity contribution in [3.05, 3.63) is 47.7 Å². The molecule has 0 radical (unpaired) electrons. The second kappa shape index (κ2) is 5.05. The van der Waals surface area contributed by atoms with E-state index in [-0.39, 0.29) is 5.76 Å². The second-order valence-electron chi connectivity index (χ2n) is 5.02. The van der Waals surface area contributed by atoms with Crippen LogP contribution < -0.4 is 5.32 Å². The predicted molar refractivity (Wildman–Crippen MR) is 76.8 cm³/mol. The Bertz CT molecular complexity index is 865. The topological polar surface area (TPSA) is 42.2 Å². The Morgan fingerprint density at radius 3 is 2.59 bits per heavy atom. The summed E-state index contributed by atoms with van der Waals surface area (Å²) in [6, 6.07) is 11.1. The van der Waals surface area contributed by atoms with E-state index in [1.165, 1.54) is 0 Å². The molecule has 1 heterocycles. The summed E-state index contributed by atoms with van der Waals surface area (Å²) in [5.74, 6) is -0.953. The minimum atomic E-state index is -4.46. The lowest BCUT2D eigenvalue weighted by Crippen LogP contribution is -2.33. The fourth-order valence-electron chi connectivity index (χ4n) is 2.43. The molecule has 0 fully saturated rings. The van der Waals surface area contributed by atoms with Crippen molar-refractivity contribution in [3.8, 4) is 0 Å². The molecule has 2 aromatic carbocycles. The van der Waals surface area contributed by atoms with E-state index in [1.807, 2.05) is 35.6 Å². The lowest BCUT2D eigenvalue weighted by Gasteiger charge is -2.06. The van der Waals surface area contributed by atoms with Gasteiger partial charge in [-0.25, -0.2) is 0 Å². The van der Waals surface area contributed by atoms with Gasteiger partial charge in [-0.3, -0.25) is 4.79 Å². The highest BCUT2D eigenvalue weighted by Crippen LogP contribution is 2.31. The first-order valence-electron chi connectivity index (χ1n) is 6.62. The van der Waals surface area contributed by atoms with Gasteiger partial charge in [-0.2, -0.15) is 13.2 Å². The molecule has 22 heavy (non-hydrogen) atoms. The molecule has 0 atom stereocenters. The van der Waals surface area contributed by atoms with Crippen molar-refractivity contribution in [2.75, 3.05) is 6.54 Å². The van der Waals surface area contributed by atoms with Crippen molar-refractivity contribution in [1.29, 1.82) is 0 Å². The number of aryl methyl sites for hydroxylation is 1. The Labute approximate surface area is 123 Å². The maximum absolute atomic E-state index is 12.2. The van der Waals surface area contributed by atoms with Gasteiger partial charge in [-0.15, -0.1) is 0 Å². The molecule has 0 unspecified atom stereocenters. The molecule has 6 heteroatoms. The van der Waals surface area contributed by atoms with E-state index in [0.717, 1.165) is 16.2 Å². The molecular formula is C16H12F3NO2. The van der Waals surface area contributed by atoms with Crippen LogP contribution >= 0.6 is 0 Å². The van der Waals surface area contributed by atoms with E-state index >= 15 is 0 Å². The van der Waals surface area contributed by atoms with Gasteiger partial charge in [0.25, 0.3) is 5.91 Å². The molecule has 114 valence electrons. The maximum Gasteiger partial charge on any atom is 0.405 e. The Hall–Kier alpha value is -2.50. The van der Waals surface area contributed by atoms with Gasteiger partial charge in [0.1, 0.15) is 12.1 Å². The molecular weight excluding hydrogens is 295 g/mol. The van der Waals surface area contributed by atoms with Crippen LogP contribution in [0.1, 0.15) is 16.1 Å². The Morgan fingerprint density at radius 1 is 1.14 bits per heavy atom. The van der Waals surface area contributed by atoms with Crippen molar-refractivity contribution in [2.24, 2.45) is 0 Å². The van der Waals surface area contributed by atoms with Gasteiger partial charge >= 0.3 is 6.18 Å². The average Bonchev–Trinajstić information content (AvgIpc) is 2.82. The highest BCUT2D eigenvalue weighted by atomic mass is 19.4. The fraction of sp³-hybridized carbons (Fsp3) is 0.188. The average molecular weight is 307 g/mol. The number of furan rings is 1. The van der Waals surface area contributed by atoms with E-state index < -0.39 is 18.6 Å². The molecule has 1 amide bonds. The highest BCUT2D eigenvalue weighted by Gasteiger charge is 2.29. The van der Waals surface area contributed by atoms with E-state index in [1.54, 1.807) is 13.0 Å². The van der Waals surface area contributed by atoms with E-state index in [4.69, 9.17) is 4.42 Å². The van der Waals surface area contributed by atoms with Crippen LogP contribution in [0.3, 0.4) is 0 Å². The number of carbonyl (C=O) groups excluding carboxylic acids is 1. The number of hydrogen-bond donors (Lipinski definition) is 1. The second-order valence-corrected chi connectivity index (χ2v) is 5.02. The molecule has 3 aromatic rings. The Morgan fingerprint density at radius 2 is 1.86 bits per heavy atom. The third kappa shape index (κ3) is 2.52. The van der Waals surface area contributed by atoms with Crippen LogP contribution in [0, 0.1) is 6.92 Å². The van der Waals surface area contributed by atoms with Gasteiger partial charge in [-0.05, 0) is 12.3 Å². The zero-order valence-corrected chi connectivity index (χ0v) is 11.6. The molecule has 0 saturated heterocycles. The number of nitrogens with one attached hydrogen (secondary N) is 1. The maximum atomic E-state index is 12.2. The molecule has 0 aliphatic rings. The van der Waals surface area contributed by atoms with Gasteiger partial charge in [0.2, 0.25) is 0 Å². The van der Waals surface area contributed by atoms with E-state index in [2.05, 4.69) is 0 Å².